The highest BCUT2D eigenvalue weighted by Gasteiger charge is 2.33. The van der Waals surface area contributed by atoms with Crippen molar-refractivity contribution in [2.45, 2.75) is 44.4 Å². The fraction of sp³-hybridized carbons (Fsp3) is 0.400. The van der Waals surface area contributed by atoms with E-state index in [0.717, 1.165) is 52.8 Å². The van der Waals surface area contributed by atoms with Crippen LogP contribution in [0.2, 0.25) is 0 Å². The highest BCUT2D eigenvalue weighted by Crippen LogP contribution is 2.36. The van der Waals surface area contributed by atoms with E-state index in [9.17, 15) is 9.50 Å². The van der Waals surface area contributed by atoms with Crippen LogP contribution >= 0.6 is 0 Å². The van der Waals surface area contributed by atoms with Crippen LogP contribution in [0.1, 0.15) is 24.8 Å². The lowest BCUT2D eigenvalue weighted by Gasteiger charge is -2.33. The summed E-state index contributed by atoms with van der Waals surface area (Å²) < 4.78 is 14.8. The number of aromatic nitrogens is 4. The molecular weight excluding hydrogens is 419 g/mol. The highest BCUT2D eigenvalue weighted by molar-refractivity contribution is 5.91. The molecule has 8 heteroatoms. The molecule has 0 amide bonds. The third-order valence-corrected chi connectivity index (χ3v) is 6.99. The van der Waals surface area contributed by atoms with Gasteiger partial charge in [0.2, 0.25) is 0 Å². The van der Waals surface area contributed by atoms with Crippen molar-refractivity contribution in [1.82, 2.24) is 25.1 Å². The molecule has 0 bridgehead atoms. The van der Waals surface area contributed by atoms with Gasteiger partial charge in [-0.3, -0.25) is 4.68 Å². The Morgan fingerprint density at radius 2 is 1.88 bits per heavy atom. The van der Waals surface area contributed by atoms with E-state index in [0.29, 0.717) is 36.2 Å². The molecule has 2 aliphatic rings. The number of nitrogens with one attached hydrogen (secondary N) is 1. The monoisotopic (exact) mass is 446 g/mol. The van der Waals surface area contributed by atoms with Gasteiger partial charge in [0.15, 0.2) is 0 Å². The standard InChI is InChI=1S/C25H27FN6O/c1-14-24-15(12-31(2)30-24)9-19(25(14)33)20-3-4-22-21(28-20)5-6-23(29-22)32-8-7-17(13-32)27-18-10-16(26)11-18/h3-6,9,12,16-18,27,33H,7-8,10-11,13H2,1-2H3/t16?,17-,18?/m0/s1. The first-order valence-corrected chi connectivity index (χ1v) is 11.5. The molecule has 4 aromatic rings. The summed E-state index contributed by atoms with van der Waals surface area (Å²) >= 11 is 0. The van der Waals surface area contributed by atoms with Crippen LogP contribution in [0.25, 0.3) is 33.2 Å². The molecule has 1 aliphatic carbocycles. The lowest BCUT2D eigenvalue weighted by Crippen LogP contribution is -2.48. The average molecular weight is 447 g/mol. The zero-order valence-corrected chi connectivity index (χ0v) is 18.8. The van der Waals surface area contributed by atoms with Gasteiger partial charge in [0.25, 0.3) is 0 Å². The van der Waals surface area contributed by atoms with E-state index in [1.165, 1.54) is 0 Å². The lowest BCUT2D eigenvalue weighted by atomic mass is 9.90. The van der Waals surface area contributed by atoms with E-state index in [1.54, 1.807) is 4.68 Å². The number of nitrogens with zero attached hydrogens (tertiary/aromatic N) is 5. The highest BCUT2D eigenvalue weighted by atomic mass is 19.1. The summed E-state index contributed by atoms with van der Waals surface area (Å²) in [6.07, 6.45) is 3.64. The summed E-state index contributed by atoms with van der Waals surface area (Å²) in [7, 11) is 1.87. The molecule has 7 nitrogen and oxygen atoms in total. The number of halogens is 1. The van der Waals surface area contributed by atoms with Gasteiger partial charge in [-0.1, -0.05) is 0 Å². The molecular formula is C25H27FN6O. The van der Waals surface area contributed by atoms with Crippen molar-refractivity contribution in [2.75, 3.05) is 18.0 Å². The number of benzene rings is 1. The molecule has 0 radical (unpaired) electrons. The first kappa shape index (κ1) is 20.4. The number of fused-ring (bicyclic) bond motifs is 2. The maximum atomic E-state index is 13.1. The molecule has 1 aromatic carbocycles. The second-order valence-corrected chi connectivity index (χ2v) is 9.41. The van der Waals surface area contributed by atoms with Gasteiger partial charge in [0.1, 0.15) is 17.7 Å². The Labute approximate surface area is 191 Å². The normalized spacial score (nSPS) is 22.9. The predicted molar refractivity (Wildman–Crippen MR) is 127 cm³/mol. The smallest absolute Gasteiger partial charge is 0.130 e. The van der Waals surface area contributed by atoms with Crippen molar-refractivity contribution in [3.8, 4) is 17.0 Å². The van der Waals surface area contributed by atoms with Gasteiger partial charge in [-0.05, 0) is 56.5 Å². The molecule has 6 rings (SSSR count). The van der Waals surface area contributed by atoms with Gasteiger partial charge in [0.05, 0.1) is 22.2 Å². The second kappa shape index (κ2) is 7.66. The number of pyridine rings is 2. The summed E-state index contributed by atoms with van der Waals surface area (Å²) in [5.74, 6) is 1.15. The summed E-state index contributed by atoms with van der Waals surface area (Å²) in [6.45, 7) is 3.70. The van der Waals surface area contributed by atoms with Crippen molar-refractivity contribution >= 4 is 27.8 Å². The van der Waals surface area contributed by atoms with Crippen molar-refractivity contribution in [3.63, 3.8) is 0 Å². The Morgan fingerprint density at radius 1 is 1.09 bits per heavy atom. The molecule has 0 spiro atoms. The average Bonchev–Trinajstić information content (AvgIpc) is 3.41. The molecule has 33 heavy (non-hydrogen) atoms. The minimum Gasteiger partial charge on any atom is -0.507 e. The van der Waals surface area contributed by atoms with E-state index in [-0.39, 0.29) is 5.75 Å². The summed E-state index contributed by atoms with van der Waals surface area (Å²) in [6, 6.07) is 10.5. The number of aromatic hydroxyl groups is 1. The topological polar surface area (TPSA) is 79.1 Å². The summed E-state index contributed by atoms with van der Waals surface area (Å²) in [5.41, 5.74) is 4.56. The second-order valence-electron chi connectivity index (χ2n) is 9.41. The summed E-state index contributed by atoms with van der Waals surface area (Å²) in [4.78, 5) is 11.9. The number of alkyl halides is 1. The van der Waals surface area contributed by atoms with E-state index in [2.05, 4.69) is 15.3 Å². The fourth-order valence-corrected chi connectivity index (χ4v) is 5.08. The van der Waals surface area contributed by atoms with E-state index in [1.807, 2.05) is 50.5 Å². The van der Waals surface area contributed by atoms with Crippen LogP contribution in [-0.4, -0.2) is 56.2 Å². The van der Waals surface area contributed by atoms with Crippen molar-refractivity contribution in [2.24, 2.45) is 7.05 Å². The van der Waals surface area contributed by atoms with Gasteiger partial charge in [-0.2, -0.15) is 5.10 Å². The van der Waals surface area contributed by atoms with E-state index >= 15 is 0 Å². The van der Waals surface area contributed by atoms with E-state index < -0.39 is 6.17 Å². The SMILES string of the molecule is Cc1c(O)c(-c2ccc3nc(N4CC[C@H](NC5CC(F)C5)C4)ccc3n2)cc2cn(C)nc12. The Kier molecular flexibility index (Phi) is 4.72. The molecule has 1 atom stereocenters. The Balaban J connectivity index is 1.26. The van der Waals surface area contributed by atoms with Crippen LogP contribution < -0.4 is 10.2 Å². The molecule has 4 heterocycles. The van der Waals surface area contributed by atoms with Crippen LogP contribution in [0, 0.1) is 6.92 Å². The predicted octanol–water partition coefficient (Wildman–Crippen LogP) is 3.87. The van der Waals surface area contributed by atoms with Crippen molar-refractivity contribution in [3.05, 3.63) is 42.1 Å². The number of phenols is 1. The molecule has 2 N–H and O–H groups in total. The van der Waals surface area contributed by atoms with Crippen LogP contribution in [-0.2, 0) is 7.05 Å². The quantitative estimate of drug-likeness (QED) is 0.496. The maximum absolute atomic E-state index is 13.1. The number of phenolic OH excluding ortho intramolecular Hbond substituents is 1. The van der Waals surface area contributed by atoms with E-state index in [4.69, 9.17) is 9.97 Å². The van der Waals surface area contributed by atoms with Gasteiger partial charge in [0, 0.05) is 54.9 Å². The van der Waals surface area contributed by atoms with Gasteiger partial charge in [-0.25, -0.2) is 14.4 Å². The minimum absolute atomic E-state index is 0.207. The molecule has 1 aliphatic heterocycles. The van der Waals surface area contributed by atoms with Gasteiger partial charge in [-0.15, -0.1) is 0 Å². The molecule has 2 fully saturated rings. The minimum atomic E-state index is -0.628. The number of anilines is 1. The number of aryl methyl sites for hydroxylation is 2. The first-order chi connectivity index (χ1) is 15.9. The molecule has 3 aromatic heterocycles. The fourth-order valence-electron chi connectivity index (χ4n) is 5.08. The van der Waals surface area contributed by atoms with Crippen molar-refractivity contribution in [1.29, 1.82) is 0 Å². The third-order valence-electron chi connectivity index (χ3n) is 6.99. The number of hydrogen-bond donors (Lipinski definition) is 2. The molecule has 1 saturated heterocycles. The lowest BCUT2D eigenvalue weighted by molar-refractivity contribution is 0.148. The van der Waals surface area contributed by atoms with Crippen LogP contribution in [0.4, 0.5) is 10.2 Å². The Bertz CT molecular complexity index is 1360. The molecule has 0 unspecified atom stereocenters. The zero-order chi connectivity index (χ0) is 22.7. The third kappa shape index (κ3) is 3.58. The number of hydrogen-bond acceptors (Lipinski definition) is 6. The zero-order valence-electron chi connectivity index (χ0n) is 18.8. The Hall–Kier alpha value is -3.26. The van der Waals surface area contributed by atoms with Gasteiger partial charge < -0.3 is 15.3 Å². The molecule has 1 saturated carbocycles. The summed E-state index contributed by atoms with van der Waals surface area (Å²) in [5, 5.41) is 19.8. The van der Waals surface area contributed by atoms with Crippen LogP contribution in [0.5, 0.6) is 5.75 Å². The molecule has 170 valence electrons. The first-order valence-electron chi connectivity index (χ1n) is 11.5. The van der Waals surface area contributed by atoms with Gasteiger partial charge >= 0.3 is 0 Å². The van der Waals surface area contributed by atoms with Crippen LogP contribution in [0.15, 0.2) is 36.5 Å². The number of rotatable bonds is 4. The van der Waals surface area contributed by atoms with Crippen LogP contribution in [0.3, 0.4) is 0 Å². The largest absolute Gasteiger partial charge is 0.507 e. The van der Waals surface area contributed by atoms with Crippen molar-refractivity contribution < 1.29 is 9.50 Å². The Morgan fingerprint density at radius 3 is 2.70 bits per heavy atom. The maximum Gasteiger partial charge on any atom is 0.130 e.